The van der Waals surface area contributed by atoms with E-state index in [-0.39, 0.29) is 18.2 Å². The number of rotatable bonds is 3. The van der Waals surface area contributed by atoms with Gasteiger partial charge < -0.3 is 14.9 Å². The summed E-state index contributed by atoms with van der Waals surface area (Å²) in [5.41, 5.74) is 2.61. The van der Waals surface area contributed by atoms with E-state index in [2.05, 4.69) is 61.9 Å². The number of likely N-dealkylation sites (N-methyl/N-ethyl adjacent to an activating group) is 1. The minimum Gasteiger partial charge on any atom is -0.394 e. The predicted molar refractivity (Wildman–Crippen MR) is 80.7 cm³/mol. The predicted octanol–water partition coefficient (Wildman–Crippen LogP) is 2.14. The molecule has 0 amide bonds. The smallest absolute Gasteiger partial charge is 0.0653 e. The van der Waals surface area contributed by atoms with E-state index < -0.39 is 0 Å². The molecule has 0 aliphatic carbocycles. The molecule has 1 aliphatic heterocycles. The highest BCUT2D eigenvalue weighted by Crippen LogP contribution is 2.31. The van der Waals surface area contributed by atoms with Crippen LogP contribution in [0.15, 0.2) is 24.3 Å². The Morgan fingerprint density at radius 1 is 1.26 bits per heavy atom. The first-order chi connectivity index (χ1) is 8.97. The van der Waals surface area contributed by atoms with E-state index in [1.807, 2.05) is 0 Å². The quantitative estimate of drug-likeness (QED) is 0.904. The van der Waals surface area contributed by atoms with Crippen molar-refractivity contribution in [1.82, 2.24) is 4.90 Å². The van der Waals surface area contributed by atoms with Gasteiger partial charge in [0.15, 0.2) is 0 Å². The van der Waals surface area contributed by atoms with E-state index in [0.29, 0.717) is 0 Å². The van der Waals surface area contributed by atoms with Gasteiger partial charge in [-0.3, -0.25) is 0 Å². The lowest BCUT2D eigenvalue weighted by atomic mass is 9.94. The van der Waals surface area contributed by atoms with Gasteiger partial charge >= 0.3 is 0 Å². The fraction of sp³-hybridized carbons (Fsp3) is 0.625. The Labute approximate surface area is 116 Å². The number of piperazine rings is 1. The van der Waals surface area contributed by atoms with E-state index in [1.54, 1.807) is 0 Å². The van der Waals surface area contributed by atoms with E-state index in [1.165, 1.54) is 11.3 Å². The summed E-state index contributed by atoms with van der Waals surface area (Å²) in [7, 11) is 2.13. The number of aliphatic hydroxyl groups is 1. The van der Waals surface area contributed by atoms with Crippen molar-refractivity contribution in [2.45, 2.75) is 38.8 Å². The summed E-state index contributed by atoms with van der Waals surface area (Å²) in [4.78, 5) is 4.68. The van der Waals surface area contributed by atoms with Crippen molar-refractivity contribution in [1.29, 1.82) is 0 Å². The third kappa shape index (κ3) is 2.93. The number of anilines is 1. The van der Waals surface area contributed by atoms with Gasteiger partial charge in [-0.25, -0.2) is 0 Å². The van der Waals surface area contributed by atoms with Gasteiger partial charge in [0, 0.05) is 24.3 Å². The van der Waals surface area contributed by atoms with Crippen LogP contribution < -0.4 is 4.90 Å². The van der Waals surface area contributed by atoms with Gasteiger partial charge in [0.1, 0.15) is 0 Å². The van der Waals surface area contributed by atoms with Gasteiger partial charge in [-0.15, -0.1) is 0 Å². The second kappa shape index (κ2) is 5.51. The van der Waals surface area contributed by atoms with Crippen LogP contribution in [-0.2, 0) is 6.42 Å². The van der Waals surface area contributed by atoms with Crippen molar-refractivity contribution in [2.75, 3.05) is 31.6 Å². The Bertz CT molecular complexity index is 413. The zero-order valence-corrected chi connectivity index (χ0v) is 12.6. The highest BCUT2D eigenvalue weighted by Gasteiger charge is 2.38. The average Bonchev–Trinajstić information content (AvgIpc) is 2.37. The van der Waals surface area contributed by atoms with Gasteiger partial charge in [0.2, 0.25) is 0 Å². The zero-order valence-electron chi connectivity index (χ0n) is 12.6. The van der Waals surface area contributed by atoms with Crippen molar-refractivity contribution in [3.63, 3.8) is 0 Å². The third-order valence-electron chi connectivity index (χ3n) is 4.03. The topological polar surface area (TPSA) is 26.7 Å². The Hall–Kier alpha value is -1.06. The van der Waals surface area contributed by atoms with Crippen LogP contribution in [0, 0.1) is 0 Å². The van der Waals surface area contributed by atoms with E-state index in [0.717, 1.165) is 19.5 Å². The fourth-order valence-corrected chi connectivity index (χ4v) is 3.33. The molecule has 1 aromatic rings. The van der Waals surface area contributed by atoms with Gasteiger partial charge in [-0.05, 0) is 45.0 Å². The zero-order chi connectivity index (χ0) is 14.0. The molecule has 0 spiro atoms. The summed E-state index contributed by atoms with van der Waals surface area (Å²) < 4.78 is 0. The van der Waals surface area contributed by atoms with E-state index in [9.17, 15) is 5.11 Å². The minimum absolute atomic E-state index is 0.0358. The number of hydrogen-bond acceptors (Lipinski definition) is 3. The molecule has 1 N–H and O–H groups in total. The summed E-state index contributed by atoms with van der Waals surface area (Å²) in [6.07, 6.45) is 1.07. The SMILES string of the molecule is CCc1ccc(N2C(CO)CN(C)CC2(C)C)cc1. The molecule has 1 heterocycles. The van der Waals surface area contributed by atoms with Crippen LogP contribution in [0.25, 0.3) is 0 Å². The number of aryl methyl sites for hydroxylation is 1. The third-order valence-corrected chi connectivity index (χ3v) is 4.03. The van der Waals surface area contributed by atoms with Crippen molar-refractivity contribution >= 4 is 5.69 Å². The monoisotopic (exact) mass is 262 g/mol. The lowest BCUT2D eigenvalue weighted by molar-refractivity contribution is 0.137. The normalized spacial score (nSPS) is 23.6. The summed E-state index contributed by atoms with van der Waals surface area (Å²) in [5.74, 6) is 0. The molecule has 1 aromatic carbocycles. The average molecular weight is 262 g/mol. The summed E-state index contributed by atoms with van der Waals surface area (Å²) in [6.45, 7) is 8.79. The van der Waals surface area contributed by atoms with Crippen molar-refractivity contribution in [3.05, 3.63) is 29.8 Å². The van der Waals surface area contributed by atoms with Crippen LogP contribution in [0.2, 0.25) is 0 Å². The molecule has 0 radical (unpaired) electrons. The van der Waals surface area contributed by atoms with Crippen LogP contribution in [0.5, 0.6) is 0 Å². The summed E-state index contributed by atoms with van der Waals surface area (Å²) in [6, 6.07) is 8.93. The van der Waals surface area contributed by atoms with Gasteiger partial charge in [0.05, 0.1) is 12.6 Å². The van der Waals surface area contributed by atoms with Crippen LogP contribution in [0.4, 0.5) is 5.69 Å². The van der Waals surface area contributed by atoms with E-state index >= 15 is 0 Å². The highest BCUT2D eigenvalue weighted by molar-refractivity contribution is 5.52. The van der Waals surface area contributed by atoms with Gasteiger partial charge in [-0.1, -0.05) is 19.1 Å². The molecule has 1 fully saturated rings. The Morgan fingerprint density at radius 3 is 2.42 bits per heavy atom. The first-order valence-corrected chi connectivity index (χ1v) is 7.15. The number of benzene rings is 1. The van der Waals surface area contributed by atoms with Crippen LogP contribution >= 0.6 is 0 Å². The standard InChI is InChI=1S/C16H26N2O/c1-5-13-6-8-14(9-7-13)18-15(11-19)10-17(4)12-16(18,2)3/h6-9,15,19H,5,10-12H2,1-4H3. The second-order valence-corrected chi connectivity index (χ2v) is 6.24. The molecular formula is C16H26N2O. The molecule has 106 valence electrons. The molecule has 1 atom stereocenters. The molecule has 2 rings (SSSR count). The number of aliphatic hydroxyl groups excluding tert-OH is 1. The highest BCUT2D eigenvalue weighted by atomic mass is 16.3. The fourth-order valence-electron chi connectivity index (χ4n) is 3.33. The molecule has 19 heavy (non-hydrogen) atoms. The maximum atomic E-state index is 9.71. The first kappa shape index (κ1) is 14.4. The minimum atomic E-state index is 0.0358. The molecule has 3 nitrogen and oxygen atoms in total. The van der Waals surface area contributed by atoms with Crippen molar-refractivity contribution in [3.8, 4) is 0 Å². The Kier molecular flexibility index (Phi) is 4.16. The van der Waals surface area contributed by atoms with Crippen LogP contribution in [-0.4, -0.2) is 48.3 Å². The van der Waals surface area contributed by atoms with Crippen molar-refractivity contribution < 1.29 is 5.11 Å². The first-order valence-electron chi connectivity index (χ1n) is 7.15. The molecule has 3 heteroatoms. The Balaban J connectivity index is 2.32. The number of nitrogens with zero attached hydrogens (tertiary/aromatic N) is 2. The Morgan fingerprint density at radius 2 is 1.89 bits per heavy atom. The summed E-state index contributed by atoms with van der Waals surface area (Å²) >= 11 is 0. The summed E-state index contributed by atoms with van der Waals surface area (Å²) in [5, 5.41) is 9.71. The van der Waals surface area contributed by atoms with Crippen LogP contribution in [0.1, 0.15) is 26.3 Å². The molecule has 1 aliphatic rings. The maximum Gasteiger partial charge on any atom is 0.0653 e. The molecule has 0 saturated carbocycles. The lowest BCUT2D eigenvalue weighted by Crippen LogP contribution is -2.64. The van der Waals surface area contributed by atoms with Gasteiger partial charge in [0.25, 0.3) is 0 Å². The number of hydrogen-bond donors (Lipinski definition) is 1. The van der Waals surface area contributed by atoms with Gasteiger partial charge in [-0.2, -0.15) is 0 Å². The maximum absolute atomic E-state index is 9.71. The molecule has 0 aromatic heterocycles. The molecule has 1 unspecified atom stereocenters. The van der Waals surface area contributed by atoms with Crippen LogP contribution in [0.3, 0.4) is 0 Å². The molecule has 0 bridgehead atoms. The van der Waals surface area contributed by atoms with Crippen molar-refractivity contribution in [2.24, 2.45) is 0 Å². The second-order valence-electron chi connectivity index (χ2n) is 6.24. The molecule has 1 saturated heterocycles. The lowest BCUT2D eigenvalue weighted by Gasteiger charge is -2.52. The van der Waals surface area contributed by atoms with E-state index in [4.69, 9.17) is 0 Å². The largest absolute Gasteiger partial charge is 0.394 e. The molecular weight excluding hydrogens is 236 g/mol.